The highest BCUT2D eigenvalue weighted by Crippen LogP contribution is 2.35. The number of Topliss-reactive ketones (excluding diaryl/α,β-unsaturated/α-hetero) is 1. The first-order chi connectivity index (χ1) is 13.4. The highest BCUT2D eigenvalue weighted by molar-refractivity contribution is 7.15. The van der Waals surface area contributed by atoms with Crippen molar-refractivity contribution in [2.75, 3.05) is 0 Å². The van der Waals surface area contributed by atoms with Gasteiger partial charge in [0.2, 0.25) is 6.17 Å². The molecule has 2 unspecified atom stereocenters. The van der Waals surface area contributed by atoms with Gasteiger partial charge in [-0.3, -0.25) is 4.79 Å². The molecule has 0 spiro atoms. The fourth-order valence-electron chi connectivity index (χ4n) is 3.27. The van der Waals surface area contributed by atoms with Gasteiger partial charge in [-0.05, 0) is 12.1 Å². The van der Waals surface area contributed by atoms with E-state index in [1.165, 1.54) is 28.2 Å². The topological polar surface area (TPSA) is 57.3 Å². The van der Waals surface area contributed by atoms with Crippen molar-refractivity contribution in [2.45, 2.75) is 18.6 Å². The third-order valence-electron chi connectivity index (χ3n) is 4.53. The van der Waals surface area contributed by atoms with Gasteiger partial charge in [0.15, 0.2) is 22.3 Å². The zero-order chi connectivity index (χ0) is 20.0. The lowest BCUT2D eigenvalue weighted by Gasteiger charge is -2.33. The summed E-state index contributed by atoms with van der Waals surface area (Å²) >= 11 is 7.06. The number of ketones is 1. The molecule has 3 aromatic rings. The Morgan fingerprint density at radius 2 is 1.96 bits per heavy atom. The van der Waals surface area contributed by atoms with Crippen LogP contribution in [0.5, 0.6) is 0 Å². The number of nitrogens with zero attached hydrogens (tertiary/aromatic N) is 3. The monoisotopic (exact) mass is 426 g/mol. The predicted molar refractivity (Wildman–Crippen MR) is 93.5 cm³/mol. The molecule has 28 heavy (non-hydrogen) atoms. The molecule has 144 valence electrons. The Labute approximate surface area is 166 Å². The minimum Gasteiger partial charge on any atom is -0.307 e. The average molecular weight is 427 g/mol. The summed E-state index contributed by atoms with van der Waals surface area (Å²) in [6.45, 7) is 0. The molecule has 4 rings (SSSR count). The van der Waals surface area contributed by atoms with E-state index in [1.807, 2.05) is 0 Å². The molecule has 2 aromatic heterocycles. The molecule has 1 aromatic carbocycles. The van der Waals surface area contributed by atoms with Crippen molar-refractivity contribution in [3.63, 3.8) is 0 Å². The van der Waals surface area contributed by atoms with Gasteiger partial charge in [-0.2, -0.15) is 4.57 Å². The van der Waals surface area contributed by atoms with Crippen LogP contribution < -0.4 is 4.57 Å². The second-order valence-electron chi connectivity index (χ2n) is 6.19. The van der Waals surface area contributed by atoms with Crippen LogP contribution in [0, 0.1) is 17.5 Å². The molecule has 0 fully saturated rings. The van der Waals surface area contributed by atoms with Crippen LogP contribution in [-0.4, -0.2) is 21.0 Å². The van der Waals surface area contributed by atoms with Crippen molar-refractivity contribution in [2.24, 2.45) is 0 Å². The number of hydrogen-bond donors (Lipinski definition) is 1. The zero-order valence-corrected chi connectivity index (χ0v) is 15.6. The van der Waals surface area contributed by atoms with Crippen molar-refractivity contribution in [3.8, 4) is 0 Å². The Bertz CT molecular complexity index is 1080. The highest BCUT2D eigenvalue weighted by Gasteiger charge is 2.47. The molecule has 0 bridgehead atoms. The van der Waals surface area contributed by atoms with Gasteiger partial charge < -0.3 is 5.21 Å². The molecule has 0 aliphatic carbocycles. The van der Waals surface area contributed by atoms with Crippen LogP contribution in [0.2, 0.25) is 4.47 Å². The lowest BCUT2D eigenvalue weighted by Crippen LogP contribution is -2.59. The minimum atomic E-state index is -1.54. The summed E-state index contributed by atoms with van der Waals surface area (Å²) in [7, 11) is 0. The van der Waals surface area contributed by atoms with Gasteiger partial charge >= 0.3 is 0 Å². The lowest BCUT2D eigenvalue weighted by atomic mass is 9.95. The minimum absolute atomic E-state index is 0.197. The van der Waals surface area contributed by atoms with Gasteiger partial charge in [-0.1, -0.05) is 11.6 Å². The maximum absolute atomic E-state index is 14.4. The first kappa shape index (κ1) is 19.0. The predicted octanol–water partition coefficient (Wildman–Crippen LogP) is 3.87. The fraction of sp³-hybridized carbons (Fsp3) is 0.167. The number of carbonyl (C=O) groups excluding carboxylic acids is 1. The molecule has 0 amide bonds. The van der Waals surface area contributed by atoms with Gasteiger partial charge in [-0.25, -0.2) is 18.2 Å². The number of rotatable bonds is 3. The van der Waals surface area contributed by atoms with Gasteiger partial charge in [0.1, 0.15) is 11.9 Å². The number of pyridine rings is 1. The van der Waals surface area contributed by atoms with Crippen LogP contribution in [0.4, 0.5) is 13.2 Å². The maximum atomic E-state index is 14.4. The van der Waals surface area contributed by atoms with Gasteiger partial charge in [0.25, 0.3) is 11.5 Å². The van der Waals surface area contributed by atoms with E-state index in [1.54, 1.807) is 18.3 Å². The Hall–Kier alpha value is -2.33. The molecule has 0 saturated heterocycles. The van der Waals surface area contributed by atoms with Crippen LogP contribution in [-0.2, 0) is 6.42 Å². The average Bonchev–Trinajstić information content (AvgIpc) is 3.08. The Morgan fingerprint density at radius 3 is 2.68 bits per heavy atom. The summed E-state index contributed by atoms with van der Waals surface area (Å²) in [4.78, 5) is 17.6. The number of aromatic nitrogens is 2. The third-order valence-corrected chi connectivity index (χ3v) is 5.66. The SMILES string of the molecule is O=C1c2cccc[n+]2C(Cc2cnc(Cl)s2)N(O)C1c1cc(F)c(F)cc1F. The summed E-state index contributed by atoms with van der Waals surface area (Å²) in [5, 5.41) is 11.5. The Morgan fingerprint density at radius 1 is 1.21 bits per heavy atom. The third kappa shape index (κ3) is 3.20. The summed E-state index contributed by atoms with van der Waals surface area (Å²) in [5.41, 5.74) is -0.253. The zero-order valence-electron chi connectivity index (χ0n) is 14.0. The van der Waals surface area contributed by atoms with Crippen LogP contribution in [0.25, 0.3) is 0 Å². The summed E-state index contributed by atoms with van der Waals surface area (Å²) in [5.74, 6) is -4.46. The van der Waals surface area contributed by atoms with Gasteiger partial charge in [0, 0.05) is 34.8 Å². The van der Waals surface area contributed by atoms with Gasteiger partial charge in [-0.15, -0.1) is 16.4 Å². The first-order valence-electron chi connectivity index (χ1n) is 8.13. The molecular formula is C18H12ClF3N3O2S+. The number of thiazole rings is 1. The van der Waals surface area contributed by atoms with E-state index < -0.39 is 41.0 Å². The molecule has 5 nitrogen and oxygen atoms in total. The molecule has 1 aliphatic rings. The van der Waals surface area contributed by atoms with E-state index in [0.717, 1.165) is 4.88 Å². The molecular weight excluding hydrogens is 415 g/mol. The lowest BCUT2D eigenvalue weighted by molar-refractivity contribution is -0.764. The molecule has 1 N–H and O–H groups in total. The quantitative estimate of drug-likeness (QED) is 0.510. The van der Waals surface area contributed by atoms with E-state index in [-0.39, 0.29) is 12.1 Å². The molecule has 1 aliphatic heterocycles. The molecule has 0 saturated carbocycles. The van der Waals surface area contributed by atoms with Crippen LogP contribution in [0.3, 0.4) is 0 Å². The number of benzene rings is 1. The molecule has 2 atom stereocenters. The summed E-state index contributed by atoms with van der Waals surface area (Å²) in [6.07, 6.45) is 2.52. The van der Waals surface area contributed by atoms with Crippen molar-refractivity contribution in [1.82, 2.24) is 10.0 Å². The Balaban J connectivity index is 1.83. The van der Waals surface area contributed by atoms with E-state index in [2.05, 4.69) is 4.98 Å². The van der Waals surface area contributed by atoms with E-state index in [9.17, 15) is 23.2 Å². The van der Waals surface area contributed by atoms with E-state index in [4.69, 9.17) is 11.6 Å². The number of hydroxylamine groups is 2. The van der Waals surface area contributed by atoms with E-state index in [0.29, 0.717) is 21.7 Å². The molecule has 10 heteroatoms. The Kier molecular flexibility index (Phi) is 4.92. The van der Waals surface area contributed by atoms with Crippen molar-refractivity contribution in [1.29, 1.82) is 0 Å². The maximum Gasteiger partial charge on any atom is 0.252 e. The summed E-state index contributed by atoms with van der Waals surface area (Å²) in [6, 6.07) is 4.23. The van der Waals surface area contributed by atoms with E-state index >= 15 is 0 Å². The van der Waals surface area contributed by atoms with Gasteiger partial charge in [0.05, 0.1) is 6.42 Å². The number of halogens is 4. The van der Waals surface area contributed by atoms with Crippen LogP contribution >= 0.6 is 22.9 Å². The fourth-order valence-corrected chi connectivity index (χ4v) is 4.27. The second-order valence-corrected chi connectivity index (χ2v) is 7.89. The van der Waals surface area contributed by atoms with Crippen molar-refractivity contribution < 1.29 is 27.7 Å². The van der Waals surface area contributed by atoms with Crippen molar-refractivity contribution >= 4 is 28.7 Å². The normalized spacial score (nSPS) is 19.7. The number of fused-ring (bicyclic) bond motifs is 1. The largest absolute Gasteiger partial charge is 0.307 e. The standard InChI is InChI=1S/C18H12ClF3N3O2S/c19-18-23-8-9(28-18)5-15-24-4-2-1-3-14(24)17(26)16(25(15)27)10-6-12(21)13(22)7-11(10)20/h1-4,6-8,15-16,27H,5H2/q+1. The molecule has 3 heterocycles. The smallest absolute Gasteiger partial charge is 0.252 e. The summed E-state index contributed by atoms with van der Waals surface area (Å²) < 4.78 is 43.3. The highest BCUT2D eigenvalue weighted by atomic mass is 35.5. The van der Waals surface area contributed by atoms with Crippen molar-refractivity contribution in [3.05, 3.63) is 80.8 Å². The molecule has 0 radical (unpaired) electrons. The second kappa shape index (κ2) is 7.25. The number of carbonyl (C=O) groups is 1. The number of hydrogen-bond acceptors (Lipinski definition) is 5. The van der Waals surface area contributed by atoms with Crippen LogP contribution in [0.15, 0.2) is 42.7 Å². The first-order valence-corrected chi connectivity index (χ1v) is 9.32. The van der Waals surface area contributed by atoms with Crippen LogP contribution in [0.1, 0.15) is 33.1 Å².